The van der Waals surface area contributed by atoms with Crippen molar-refractivity contribution >= 4 is 6.09 Å². The number of H-pyrrole nitrogens is 1. The van der Waals surface area contributed by atoms with E-state index in [1.54, 1.807) is 0 Å². The first-order valence-corrected chi connectivity index (χ1v) is 8.24. The molecule has 0 saturated carbocycles. The molecular formula is C15H20F3N3O4. The molecule has 1 aromatic rings. The van der Waals surface area contributed by atoms with E-state index in [2.05, 4.69) is 5.16 Å². The van der Waals surface area contributed by atoms with Crippen LogP contribution in [0.25, 0.3) is 0 Å². The molecule has 0 aromatic carbocycles. The van der Waals surface area contributed by atoms with Gasteiger partial charge in [-0.15, -0.1) is 0 Å². The van der Waals surface area contributed by atoms with Crippen LogP contribution in [0.2, 0.25) is 0 Å². The summed E-state index contributed by atoms with van der Waals surface area (Å²) in [5.74, 6) is 0.236. The molecule has 10 heteroatoms. The van der Waals surface area contributed by atoms with E-state index >= 15 is 0 Å². The average Bonchev–Trinajstić information content (AvgIpc) is 3.15. The van der Waals surface area contributed by atoms with Gasteiger partial charge in [-0.25, -0.2) is 4.79 Å². The monoisotopic (exact) mass is 363 g/mol. The second-order valence-electron chi connectivity index (χ2n) is 6.66. The quantitative estimate of drug-likeness (QED) is 0.860. The molecule has 2 aliphatic rings. The van der Waals surface area contributed by atoms with E-state index in [-0.39, 0.29) is 31.0 Å². The molecule has 0 spiro atoms. The molecule has 2 aliphatic heterocycles. The minimum absolute atomic E-state index is 0.0294. The van der Waals surface area contributed by atoms with E-state index in [0.717, 1.165) is 0 Å². The molecule has 2 fully saturated rings. The summed E-state index contributed by atoms with van der Waals surface area (Å²) in [6.45, 7) is 0.532. The third-order valence-electron chi connectivity index (χ3n) is 5.09. The Morgan fingerprint density at radius 3 is 2.72 bits per heavy atom. The van der Waals surface area contributed by atoms with Crippen molar-refractivity contribution in [3.8, 4) is 0 Å². The largest absolute Gasteiger partial charge is 0.465 e. The van der Waals surface area contributed by atoms with Crippen LogP contribution in [0, 0.1) is 0 Å². The highest BCUT2D eigenvalue weighted by Gasteiger charge is 2.47. The van der Waals surface area contributed by atoms with Gasteiger partial charge in [0.25, 0.3) is 5.56 Å². The van der Waals surface area contributed by atoms with Gasteiger partial charge in [-0.3, -0.25) is 9.69 Å². The van der Waals surface area contributed by atoms with Crippen LogP contribution in [0.4, 0.5) is 18.0 Å². The maximum absolute atomic E-state index is 13.1. The summed E-state index contributed by atoms with van der Waals surface area (Å²) in [5, 5.41) is 11.6. The molecule has 3 rings (SSSR count). The molecule has 2 unspecified atom stereocenters. The number of likely N-dealkylation sites (tertiary alicyclic amines) is 2. The summed E-state index contributed by atoms with van der Waals surface area (Å²) in [7, 11) is 0. The maximum atomic E-state index is 13.1. The minimum atomic E-state index is -4.31. The first-order valence-electron chi connectivity index (χ1n) is 8.24. The molecule has 140 valence electrons. The van der Waals surface area contributed by atoms with Crippen molar-refractivity contribution < 1.29 is 27.6 Å². The van der Waals surface area contributed by atoms with Gasteiger partial charge in [0.05, 0.1) is 0 Å². The number of halogens is 3. The number of hydrogen-bond acceptors (Lipinski definition) is 4. The Morgan fingerprint density at radius 1 is 1.36 bits per heavy atom. The van der Waals surface area contributed by atoms with Gasteiger partial charge in [-0.05, 0) is 32.2 Å². The highest BCUT2D eigenvalue weighted by atomic mass is 19.4. The Hall–Kier alpha value is -1.97. The summed E-state index contributed by atoms with van der Waals surface area (Å²) >= 11 is 0. The number of nitrogens with zero attached hydrogens (tertiary/aromatic N) is 2. The summed E-state index contributed by atoms with van der Waals surface area (Å²) in [6, 6.07) is -0.778. The zero-order valence-corrected chi connectivity index (χ0v) is 13.5. The Morgan fingerprint density at radius 2 is 2.12 bits per heavy atom. The Balaban J connectivity index is 1.75. The molecule has 0 aliphatic carbocycles. The number of nitrogens with one attached hydrogen (secondary N) is 1. The summed E-state index contributed by atoms with van der Waals surface area (Å²) in [6.07, 6.45) is -4.17. The molecule has 2 N–H and O–H groups in total. The van der Waals surface area contributed by atoms with E-state index in [1.807, 2.05) is 0 Å². The van der Waals surface area contributed by atoms with Crippen molar-refractivity contribution in [2.45, 2.75) is 49.9 Å². The van der Waals surface area contributed by atoms with Gasteiger partial charge in [0.2, 0.25) is 0 Å². The van der Waals surface area contributed by atoms with Gasteiger partial charge in [-0.2, -0.15) is 18.3 Å². The third-order valence-corrected chi connectivity index (χ3v) is 5.09. The number of amides is 1. The predicted molar refractivity (Wildman–Crippen MR) is 80.5 cm³/mol. The van der Waals surface area contributed by atoms with Crippen LogP contribution in [-0.2, 0) is 0 Å². The molecule has 1 aromatic heterocycles. The molecule has 1 amide bonds. The zero-order valence-electron chi connectivity index (χ0n) is 13.5. The summed E-state index contributed by atoms with van der Waals surface area (Å²) in [4.78, 5) is 25.2. The fourth-order valence-electron chi connectivity index (χ4n) is 3.92. The van der Waals surface area contributed by atoms with Gasteiger partial charge in [-0.1, -0.05) is 0 Å². The molecule has 3 heterocycles. The van der Waals surface area contributed by atoms with Crippen LogP contribution >= 0.6 is 0 Å². The van der Waals surface area contributed by atoms with Crippen LogP contribution in [-0.4, -0.2) is 64.1 Å². The lowest BCUT2D eigenvalue weighted by Gasteiger charge is -2.40. The number of carbonyl (C=O) groups is 1. The van der Waals surface area contributed by atoms with Crippen molar-refractivity contribution in [3.05, 3.63) is 22.2 Å². The van der Waals surface area contributed by atoms with Crippen molar-refractivity contribution in [1.29, 1.82) is 0 Å². The summed E-state index contributed by atoms with van der Waals surface area (Å²) in [5.41, 5.74) is -0.385. The van der Waals surface area contributed by atoms with Crippen molar-refractivity contribution in [1.82, 2.24) is 15.0 Å². The van der Waals surface area contributed by atoms with E-state index in [9.17, 15) is 27.9 Å². The first-order chi connectivity index (χ1) is 11.8. The maximum Gasteiger partial charge on any atom is 0.407 e. The molecule has 2 saturated heterocycles. The fraction of sp³-hybridized carbons (Fsp3) is 0.733. The number of alkyl halides is 3. The van der Waals surface area contributed by atoms with E-state index in [1.165, 1.54) is 15.9 Å². The summed E-state index contributed by atoms with van der Waals surface area (Å²) < 4.78 is 44.5. The number of hydrogen-bond donors (Lipinski definition) is 2. The molecule has 3 atom stereocenters. The standard InChI is InChI=1S/C15H20F3N3O4/c16-15(17,18)12-2-1-4-20(12)8-10-6-9(3-5-21(10)14(23)24)11-7-13(22)19-25-11/h7,9-10,12H,1-6,8H2,(H,19,22)(H,23,24)/t9?,10?,12-/m0/s1. The van der Waals surface area contributed by atoms with Gasteiger partial charge < -0.3 is 14.5 Å². The second kappa shape index (κ2) is 6.74. The molecule has 25 heavy (non-hydrogen) atoms. The number of carboxylic acid groups (broad SMARTS) is 1. The smallest absolute Gasteiger partial charge is 0.407 e. The molecule has 0 radical (unpaired) electrons. The number of piperidine rings is 1. The van der Waals surface area contributed by atoms with Gasteiger partial charge in [0.1, 0.15) is 11.8 Å². The molecule has 0 bridgehead atoms. The predicted octanol–water partition coefficient (Wildman–Crippen LogP) is 2.22. The second-order valence-corrected chi connectivity index (χ2v) is 6.66. The number of aromatic amines is 1. The minimum Gasteiger partial charge on any atom is -0.465 e. The van der Waals surface area contributed by atoms with Crippen LogP contribution in [0.15, 0.2) is 15.4 Å². The Kier molecular flexibility index (Phi) is 4.81. The van der Waals surface area contributed by atoms with E-state index < -0.39 is 24.4 Å². The third kappa shape index (κ3) is 3.83. The topological polar surface area (TPSA) is 89.8 Å². The number of rotatable bonds is 3. The van der Waals surface area contributed by atoms with E-state index in [4.69, 9.17) is 4.52 Å². The lowest BCUT2D eigenvalue weighted by molar-refractivity contribution is -0.177. The average molecular weight is 363 g/mol. The van der Waals surface area contributed by atoms with Crippen LogP contribution in [0.3, 0.4) is 0 Å². The highest BCUT2D eigenvalue weighted by molar-refractivity contribution is 5.65. The molecular weight excluding hydrogens is 343 g/mol. The highest BCUT2D eigenvalue weighted by Crippen LogP contribution is 2.36. The van der Waals surface area contributed by atoms with Crippen LogP contribution < -0.4 is 5.56 Å². The fourth-order valence-corrected chi connectivity index (χ4v) is 3.92. The van der Waals surface area contributed by atoms with Crippen molar-refractivity contribution in [2.24, 2.45) is 0 Å². The number of aromatic nitrogens is 1. The first kappa shape index (κ1) is 17.8. The van der Waals surface area contributed by atoms with Crippen molar-refractivity contribution in [3.63, 3.8) is 0 Å². The Bertz CT molecular complexity index is 671. The lowest BCUT2D eigenvalue weighted by Crippen LogP contribution is -2.53. The van der Waals surface area contributed by atoms with Gasteiger partial charge in [0.15, 0.2) is 0 Å². The van der Waals surface area contributed by atoms with E-state index in [0.29, 0.717) is 31.6 Å². The van der Waals surface area contributed by atoms with Gasteiger partial charge >= 0.3 is 12.3 Å². The Labute approximate surface area is 141 Å². The van der Waals surface area contributed by atoms with Crippen molar-refractivity contribution in [2.75, 3.05) is 19.6 Å². The normalized spacial score (nSPS) is 28.4. The van der Waals surface area contributed by atoms with Crippen LogP contribution in [0.1, 0.15) is 37.4 Å². The molecule has 7 nitrogen and oxygen atoms in total. The lowest BCUT2D eigenvalue weighted by atomic mass is 9.88. The van der Waals surface area contributed by atoms with Crippen LogP contribution in [0.5, 0.6) is 0 Å². The SMILES string of the molecule is O=C(O)N1CCC(c2cc(=O)[nH]o2)CC1CN1CCC[C@H]1C(F)(F)F. The van der Waals surface area contributed by atoms with Gasteiger partial charge in [0, 0.05) is 31.1 Å². The zero-order chi connectivity index (χ0) is 18.2.